The maximum atomic E-state index is 10.8. The van der Waals surface area contributed by atoms with Gasteiger partial charge in [-0.1, -0.05) is 0 Å². The van der Waals surface area contributed by atoms with E-state index < -0.39 is 0 Å². The van der Waals surface area contributed by atoms with E-state index in [0.717, 1.165) is 0 Å². The molecule has 0 aliphatic carbocycles. The van der Waals surface area contributed by atoms with Gasteiger partial charge in [0.15, 0.2) is 0 Å². The van der Waals surface area contributed by atoms with E-state index in [1.165, 1.54) is 0 Å². The molecule has 0 saturated heterocycles. The van der Waals surface area contributed by atoms with Gasteiger partial charge in [-0.25, -0.2) is 0 Å². The largest absolute Gasteiger partial charge is 0.593 e. The molecule has 1 rings (SSSR count). The van der Waals surface area contributed by atoms with Crippen LogP contribution in [0.25, 0.3) is 0 Å². The Labute approximate surface area is 66.3 Å². The molecule has 0 amide bonds. The summed E-state index contributed by atoms with van der Waals surface area (Å²) in [6.07, 6.45) is 0. The Hall–Kier alpha value is -0.710. The first-order valence-electron chi connectivity index (χ1n) is 2.72. The maximum Gasteiger partial charge on any atom is 0.236 e. The molecular formula is C5H7BrN2O2. The Morgan fingerprint density at radius 3 is 2.20 bits per heavy atom. The number of aromatic nitrogens is 2. The highest BCUT2D eigenvalue weighted by molar-refractivity contribution is 9.10. The third-order valence-corrected chi connectivity index (χ3v) is 2.54. The average molecular weight is 207 g/mol. The molecule has 0 spiro atoms. The minimum atomic E-state index is 0.416. The fourth-order valence-corrected chi connectivity index (χ4v) is 1.02. The van der Waals surface area contributed by atoms with Crippen LogP contribution in [0.1, 0.15) is 11.4 Å². The molecule has 1 heterocycles. The SMILES string of the molecule is Cc1c(Br)c(C)[n+]([O-])n1O. The van der Waals surface area contributed by atoms with Gasteiger partial charge in [-0.3, -0.25) is 0 Å². The van der Waals surface area contributed by atoms with Crippen LogP contribution in [0.4, 0.5) is 0 Å². The number of rotatable bonds is 0. The van der Waals surface area contributed by atoms with Crippen LogP contribution in [0.3, 0.4) is 0 Å². The van der Waals surface area contributed by atoms with Gasteiger partial charge in [-0.2, -0.15) is 0 Å². The van der Waals surface area contributed by atoms with E-state index in [1.807, 2.05) is 0 Å². The van der Waals surface area contributed by atoms with Crippen molar-refractivity contribution in [3.63, 3.8) is 0 Å². The Morgan fingerprint density at radius 1 is 1.60 bits per heavy atom. The fourth-order valence-electron chi connectivity index (χ4n) is 0.712. The van der Waals surface area contributed by atoms with Crippen LogP contribution in [0.2, 0.25) is 0 Å². The zero-order chi connectivity index (χ0) is 7.89. The second-order valence-corrected chi connectivity index (χ2v) is 2.84. The molecule has 0 saturated carbocycles. The van der Waals surface area contributed by atoms with Gasteiger partial charge in [0.25, 0.3) is 0 Å². The van der Waals surface area contributed by atoms with E-state index in [1.54, 1.807) is 13.8 Å². The summed E-state index contributed by atoms with van der Waals surface area (Å²) in [6, 6.07) is 0. The Morgan fingerprint density at radius 2 is 2.10 bits per heavy atom. The molecule has 10 heavy (non-hydrogen) atoms. The first-order valence-corrected chi connectivity index (χ1v) is 3.51. The first-order chi connectivity index (χ1) is 4.55. The molecule has 4 nitrogen and oxygen atoms in total. The van der Waals surface area contributed by atoms with Crippen molar-refractivity contribution in [2.45, 2.75) is 13.8 Å². The van der Waals surface area contributed by atoms with E-state index in [0.29, 0.717) is 25.6 Å². The highest BCUT2D eigenvalue weighted by Crippen LogP contribution is 2.16. The molecule has 1 aromatic rings. The van der Waals surface area contributed by atoms with Crippen LogP contribution in [-0.4, -0.2) is 10.1 Å². The lowest BCUT2D eigenvalue weighted by Gasteiger charge is -1.93. The fraction of sp³-hybridized carbons (Fsp3) is 0.400. The highest BCUT2D eigenvalue weighted by atomic mass is 79.9. The minimum absolute atomic E-state index is 0.416. The first kappa shape index (κ1) is 7.40. The van der Waals surface area contributed by atoms with Gasteiger partial charge in [0.1, 0.15) is 10.2 Å². The molecule has 0 atom stereocenters. The van der Waals surface area contributed by atoms with E-state index in [9.17, 15) is 5.21 Å². The van der Waals surface area contributed by atoms with E-state index in [-0.39, 0.29) is 0 Å². The molecule has 0 aliphatic rings. The van der Waals surface area contributed by atoms with Crippen LogP contribution in [0.15, 0.2) is 4.47 Å². The molecule has 0 aromatic carbocycles. The molecule has 0 radical (unpaired) electrons. The summed E-state index contributed by atoms with van der Waals surface area (Å²) in [5.41, 5.74) is 0.965. The van der Waals surface area contributed by atoms with Gasteiger partial charge in [0.05, 0.1) is 0 Å². The highest BCUT2D eigenvalue weighted by Gasteiger charge is 2.17. The smallest absolute Gasteiger partial charge is 0.236 e. The van der Waals surface area contributed by atoms with Crippen molar-refractivity contribution in [3.8, 4) is 0 Å². The molecular weight excluding hydrogens is 200 g/mol. The van der Waals surface area contributed by atoms with Crippen molar-refractivity contribution in [1.29, 1.82) is 0 Å². The normalized spacial score (nSPS) is 10.3. The standard InChI is InChI=1S/C5H7BrN2O2/c1-3-5(6)4(2)8(10)7(3)9/h9H,1-2H3. The van der Waals surface area contributed by atoms with Gasteiger partial charge >= 0.3 is 0 Å². The lowest BCUT2D eigenvalue weighted by atomic mass is 10.4. The number of hydrogen-bond donors (Lipinski definition) is 1. The third kappa shape index (κ3) is 0.775. The van der Waals surface area contributed by atoms with Crippen LogP contribution < -0.4 is 4.85 Å². The molecule has 5 heteroatoms. The summed E-state index contributed by atoms with van der Waals surface area (Å²) in [4.78, 5) is 0.971. The summed E-state index contributed by atoms with van der Waals surface area (Å²) in [5.74, 6) is 0. The zero-order valence-electron chi connectivity index (χ0n) is 5.63. The summed E-state index contributed by atoms with van der Waals surface area (Å²) in [6.45, 7) is 3.27. The number of nitrogens with zero attached hydrogens (tertiary/aromatic N) is 2. The predicted octanol–water partition coefficient (Wildman–Crippen LogP) is 0.738. The van der Waals surface area contributed by atoms with Gasteiger partial charge < -0.3 is 10.4 Å². The summed E-state index contributed by atoms with van der Waals surface area (Å²) < 4.78 is 0.644. The van der Waals surface area contributed by atoms with Crippen molar-refractivity contribution in [2.75, 3.05) is 0 Å². The van der Waals surface area contributed by atoms with Crippen molar-refractivity contribution in [1.82, 2.24) is 4.85 Å². The van der Waals surface area contributed by atoms with Crippen LogP contribution >= 0.6 is 15.9 Å². The molecule has 0 unspecified atom stereocenters. The van der Waals surface area contributed by atoms with Gasteiger partial charge in [0.2, 0.25) is 5.69 Å². The Bertz CT molecular complexity index is 189. The van der Waals surface area contributed by atoms with Gasteiger partial charge in [-0.05, 0) is 27.7 Å². The second kappa shape index (κ2) is 2.16. The molecule has 0 aliphatic heterocycles. The molecule has 0 fully saturated rings. The Balaban J connectivity index is 3.44. The molecule has 1 N–H and O–H groups in total. The van der Waals surface area contributed by atoms with Crippen molar-refractivity contribution >= 4 is 15.9 Å². The quantitative estimate of drug-likeness (QED) is 0.387. The number of halogens is 1. The van der Waals surface area contributed by atoms with Crippen molar-refractivity contribution in [2.24, 2.45) is 0 Å². The van der Waals surface area contributed by atoms with Crippen LogP contribution in [0, 0.1) is 19.1 Å². The second-order valence-electron chi connectivity index (χ2n) is 2.05. The zero-order valence-corrected chi connectivity index (χ0v) is 7.21. The maximum absolute atomic E-state index is 10.8. The van der Waals surface area contributed by atoms with E-state index in [4.69, 9.17) is 5.21 Å². The van der Waals surface area contributed by atoms with E-state index >= 15 is 0 Å². The monoisotopic (exact) mass is 206 g/mol. The molecule has 56 valence electrons. The summed E-state index contributed by atoms with van der Waals surface area (Å²) >= 11 is 3.15. The summed E-state index contributed by atoms with van der Waals surface area (Å²) in [7, 11) is 0. The van der Waals surface area contributed by atoms with Gasteiger partial charge in [0, 0.05) is 11.8 Å². The van der Waals surface area contributed by atoms with Crippen molar-refractivity contribution < 1.29 is 10.1 Å². The molecule has 1 aromatic heterocycles. The molecule has 0 bridgehead atoms. The van der Waals surface area contributed by atoms with Crippen molar-refractivity contribution in [3.05, 3.63) is 21.1 Å². The summed E-state index contributed by atoms with van der Waals surface area (Å²) in [5, 5.41) is 19.8. The lowest BCUT2D eigenvalue weighted by Crippen LogP contribution is -2.38. The predicted molar refractivity (Wildman–Crippen MR) is 37.8 cm³/mol. The lowest BCUT2D eigenvalue weighted by molar-refractivity contribution is -0.731. The Kier molecular flexibility index (Phi) is 1.60. The van der Waals surface area contributed by atoms with Crippen LogP contribution in [-0.2, 0) is 0 Å². The average Bonchev–Trinajstić information content (AvgIpc) is 2.07. The minimum Gasteiger partial charge on any atom is -0.593 e. The van der Waals surface area contributed by atoms with E-state index in [2.05, 4.69) is 15.9 Å². The topological polar surface area (TPSA) is 52.1 Å². The number of hydrogen-bond acceptors (Lipinski definition) is 2. The van der Waals surface area contributed by atoms with Crippen LogP contribution in [0.5, 0.6) is 0 Å². The van der Waals surface area contributed by atoms with Gasteiger partial charge in [-0.15, -0.1) is 0 Å². The third-order valence-electron chi connectivity index (χ3n) is 1.39.